The number of hydrogen-bond acceptors (Lipinski definition) is 2. The van der Waals surface area contributed by atoms with Gasteiger partial charge in [0.05, 0.1) is 0 Å². The van der Waals surface area contributed by atoms with Gasteiger partial charge in [0, 0.05) is 23.8 Å². The maximum atomic E-state index is 11.6. The van der Waals surface area contributed by atoms with Crippen LogP contribution in [-0.2, 0) is 4.79 Å². The van der Waals surface area contributed by atoms with Crippen LogP contribution < -0.4 is 16.0 Å². The zero-order valence-electron chi connectivity index (χ0n) is 10.9. The summed E-state index contributed by atoms with van der Waals surface area (Å²) in [6.07, 6.45) is 0. The van der Waals surface area contributed by atoms with E-state index in [1.54, 1.807) is 0 Å². The summed E-state index contributed by atoms with van der Waals surface area (Å²) in [5.74, 6) is -0.0362. The molecule has 0 aromatic heterocycles. The van der Waals surface area contributed by atoms with E-state index in [4.69, 9.17) is 12.2 Å². The second kappa shape index (κ2) is 6.96. The van der Waals surface area contributed by atoms with E-state index in [-0.39, 0.29) is 11.8 Å². The molecule has 0 fully saturated rings. The fourth-order valence-electron chi connectivity index (χ4n) is 1.30. The number of thiocarbonyl (C=S) groups is 1. The lowest BCUT2D eigenvalue weighted by atomic mass is 10.2. The summed E-state index contributed by atoms with van der Waals surface area (Å²) < 4.78 is 0. The number of benzene rings is 1. The zero-order chi connectivity index (χ0) is 13.5. The van der Waals surface area contributed by atoms with E-state index in [1.807, 2.05) is 45.0 Å². The van der Waals surface area contributed by atoms with E-state index in [0.29, 0.717) is 5.11 Å². The molecule has 0 aliphatic heterocycles. The molecule has 0 spiro atoms. The average Bonchev–Trinajstić information content (AvgIpc) is 2.29. The first-order valence-electron chi connectivity index (χ1n) is 5.98. The summed E-state index contributed by atoms with van der Waals surface area (Å²) in [6.45, 7) is 6.47. The molecule has 5 heteroatoms. The summed E-state index contributed by atoms with van der Waals surface area (Å²) in [4.78, 5) is 11.6. The predicted molar refractivity (Wildman–Crippen MR) is 79.8 cm³/mol. The number of hydrogen-bond donors (Lipinski definition) is 3. The van der Waals surface area contributed by atoms with Crippen LogP contribution in [0.1, 0.15) is 20.8 Å². The van der Waals surface area contributed by atoms with Crippen LogP contribution in [0.4, 0.5) is 11.4 Å². The van der Waals surface area contributed by atoms with Crippen molar-refractivity contribution in [2.45, 2.75) is 20.8 Å². The molecule has 1 aromatic carbocycles. The minimum atomic E-state index is -0.0375. The van der Waals surface area contributed by atoms with Gasteiger partial charge in [-0.15, -0.1) is 0 Å². The quantitative estimate of drug-likeness (QED) is 0.732. The van der Waals surface area contributed by atoms with Crippen LogP contribution in [0.3, 0.4) is 0 Å². The Bertz CT molecular complexity index is 432. The van der Waals surface area contributed by atoms with Gasteiger partial charge in [0.1, 0.15) is 0 Å². The van der Waals surface area contributed by atoms with Gasteiger partial charge in [-0.1, -0.05) is 19.9 Å². The highest BCUT2D eigenvalue weighted by atomic mass is 32.1. The minimum absolute atomic E-state index is 0.00131. The molecule has 3 N–H and O–H groups in total. The third-order valence-corrected chi connectivity index (χ3v) is 2.50. The molecule has 0 bridgehead atoms. The summed E-state index contributed by atoms with van der Waals surface area (Å²) in [7, 11) is 0. The fraction of sp³-hybridized carbons (Fsp3) is 0.385. The van der Waals surface area contributed by atoms with E-state index < -0.39 is 0 Å². The number of rotatable bonds is 4. The Morgan fingerprint density at radius 3 is 2.44 bits per heavy atom. The molecule has 0 aliphatic carbocycles. The van der Waals surface area contributed by atoms with Crippen molar-refractivity contribution in [3.05, 3.63) is 24.3 Å². The van der Waals surface area contributed by atoms with Crippen molar-refractivity contribution < 1.29 is 4.79 Å². The van der Waals surface area contributed by atoms with Gasteiger partial charge in [-0.2, -0.15) is 0 Å². The summed E-state index contributed by atoms with van der Waals surface area (Å²) in [6, 6.07) is 7.47. The van der Waals surface area contributed by atoms with Crippen LogP contribution in [0, 0.1) is 5.92 Å². The molecule has 4 nitrogen and oxygen atoms in total. The van der Waals surface area contributed by atoms with Crippen molar-refractivity contribution in [3.63, 3.8) is 0 Å². The van der Waals surface area contributed by atoms with Crippen LogP contribution in [0.5, 0.6) is 0 Å². The van der Waals surface area contributed by atoms with Gasteiger partial charge < -0.3 is 16.0 Å². The molecule has 0 saturated carbocycles. The molecule has 0 heterocycles. The van der Waals surface area contributed by atoms with E-state index in [0.717, 1.165) is 17.9 Å². The lowest BCUT2D eigenvalue weighted by Crippen LogP contribution is -2.27. The second-order valence-electron chi connectivity index (χ2n) is 4.21. The monoisotopic (exact) mass is 265 g/mol. The average molecular weight is 265 g/mol. The molecular formula is C13H19N3OS. The highest BCUT2D eigenvalue weighted by Gasteiger charge is 2.07. The first-order valence-corrected chi connectivity index (χ1v) is 6.39. The molecule has 98 valence electrons. The van der Waals surface area contributed by atoms with Crippen LogP contribution in [0.25, 0.3) is 0 Å². The topological polar surface area (TPSA) is 53.2 Å². The Morgan fingerprint density at radius 1 is 1.28 bits per heavy atom. The van der Waals surface area contributed by atoms with Gasteiger partial charge in [-0.25, -0.2) is 0 Å². The van der Waals surface area contributed by atoms with Crippen LogP contribution in [0.15, 0.2) is 24.3 Å². The van der Waals surface area contributed by atoms with Crippen molar-refractivity contribution in [1.82, 2.24) is 5.32 Å². The third-order valence-electron chi connectivity index (χ3n) is 2.25. The first kappa shape index (κ1) is 14.4. The largest absolute Gasteiger partial charge is 0.363 e. The number of carbonyl (C=O) groups is 1. The molecule has 0 atom stereocenters. The maximum absolute atomic E-state index is 11.6. The Labute approximate surface area is 113 Å². The van der Waals surface area contributed by atoms with Gasteiger partial charge in [0.15, 0.2) is 5.11 Å². The van der Waals surface area contributed by atoms with Gasteiger partial charge in [0.25, 0.3) is 0 Å². The SMILES string of the molecule is CCNC(=S)Nc1cccc(NC(=O)C(C)C)c1. The Hall–Kier alpha value is -1.62. The number of amides is 1. The van der Waals surface area contributed by atoms with E-state index >= 15 is 0 Å². The Morgan fingerprint density at radius 2 is 1.89 bits per heavy atom. The van der Waals surface area contributed by atoms with E-state index in [9.17, 15) is 4.79 Å². The highest BCUT2D eigenvalue weighted by molar-refractivity contribution is 7.80. The van der Waals surface area contributed by atoms with Gasteiger partial charge in [-0.3, -0.25) is 4.79 Å². The van der Waals surface area contributed by atoms with Crippen LogP contribution >= 0.6 is 12.2 Å². The number of nitrogens with one attached hydrogen (secondary N) is 3. The first-order chi connectivity index (χ1) is 8.52. The summed E-state index contributed by atoms with van der Waals surface area (Å²) in [5, 5.41) is 9.48. The summed E-state index contributed by atoms with van der Waals surface area (Å²) in [5.41, 5.74) is 1.61. The van der Waals surface area contributed by atoms with Gasteiger partial charge >= 0.3 is 0 Å². The molecule has 18 heavy (non-hydrogen) atoms. The normalized spacial score (nSPS) is 10.0. The molecule has 1 aromatic rings. The van der Waals surface area contributed by atoms with Crippen molar-refractivity contribution >= 4 is 34.6 Å². The Balaban J connectivity index is 2.67. The smallest absolute Gasteiger partial charge is 0.226 e. The number of anilines is 2. The van der Waals surface area contributed by atoms with Crippen molar-refractivity contribution in [2.24, 2.45) is 5.92 Å². The highest BCUT2D eigenvalue weighted by Crippen LogP contribution is 2.15. The molecule has 0 aliphatic rings. The van der Waals surface area contributed by atoms with Crippen LogP contribution in [-0.4, -0.2) is 17.6 Å². The molecule has 1 rings (SSSR count). The maximum Gasteiger partial charge on any atom is 0.226 e. The standard InChI is InChI=1S/C13H19N3OS/c1-4-14-13(18)16-11-7-5-6-10(8-11)15-12(17)9(2)3/h5-9H,4H2,1-3H3,(H,15,17)(H2,14,16,18). The predicted octanol–water partition coefficient (Wildman–Crippen LogP) is 2.59. The van der Waals surface area contributed by atoms with E-state index in [1.165, 1.54) is 0 Å². The second-order valence-corrected chi connectivity index (χ2v) is 4.62. The Kier molecular flexibility index (Phi) is 5.58. The summed E-state index contributed by atoms with van der Waals surface area (Å²) >= 11 is 5.10. The molecule has 0 unspecified atom stereocenters. The van der Waals surface area contributed by atoms with Crippen molar-refractivity contribution in [3.8, 4) is 0 Å². The fourth-order valence-corrected chi connectivity index (χ4v) is 1.56. The molecule has 1 amide bonds. The zero-order valence-corrected chi connectivity index (χ0v) is 11.7. The van der Waals surface area contributed by atoms with Crippen molar-refractivity contribution in [1.29, 1.82) is 0 Å². The van der Waals surface area contributed by atoms with E-state index in [2.05, 4.69) is 16.0 Å². The minimum Gasteiger partial charge on any atom is -0.363 e. The van der Waals surface area contributed by atoms with Gasteiger partial charge in [-0.05, 0) is 37.3 Å². The molecule has 0 radical (unpaired) electrons. The number of carbonyl (C=O) groups excluding carboxylic acids is 1. The van der Waals surface area contributed by atoms with Gasteiger partial charge in [0.2, 0.25) is 5.91 Å². The lowest BCUT2D eigenvalue weighted by molar-refractivity contribution is -0.118. The molecule has 0 saturated heterocycles. The van der Waals surface area contributed by atoms with Crippen LogP contribution in [0.2, 0.25) is 0 Å². The lowest BCUT2D eigenvalue weighted by Gasteiger charge is -2.11. The third kappa shape index (κ3) is 4.71. The molecular weight excluding hydrogens is 246 g/mol. The van der Waals surface area contributed by atoms with Crippen molar-refractivity contribution in [2.75, 3.05) is 17.2 Å².